The van der Waals surface area contributed by atoms with E-state index >= 15 is 0 Å². The molecule has 1 nitrogen and oxygen atoms in total. The Hall–Kier alpha value is -1.62. The number of hydrogen-bond acceptors (Lipinski definition) is 1. The van der Waals surface area contributed by atoms with Crippen LogP contribution in [0, 0.1) is 11.3 Å². The lowest BCUT2D eigenvalue weighted by Crippen LogP contribution is -1.75. The summed E-state index contributed by atoms with van der Waals surface area (Å²) in [5, 5.41) is 8.24. The number of halogens is 1. The fourth-order valence-corrected chi connectivity index (χ4v) is 0.978. The van der Waals surface area contributed by atoms with Crippen LogP contribution in [0.4, 0.5) is 4.39 Å². The van der Waals surface area contributed by atoms with E-state index in [1.165, 1.54) is 6.08 Å². The van der Waals surface area contributed by atoms with Crippen LogP contribution in [-0.4, -0.2) is 0 Å². The molecule has 0 heterocycles. The minimum Gasteiger partial charge on any atom is -0.212 e. The van der Waals surface area contributed by atoms with Gasteiger partial charge in [0.2, 0.25) is 0 Å². The van der Waals surface area contributed by atoms with E-state index in [1.807, 2.05) is 36.4 Å². The topological polar surface area (TPSA) is 23.8 Å². The van der Waals surface area contributed by atoms with Crippen LogP contribution < -0.4 is 0 Å². The molecule has 1 rings (SSSR count). The van der Waals surface area contributed by atoms with Crippen molar-refractivity contribution in [2.75, 3.05) is 0 Å². The normalized spacial score (nSPS) is 10.9. The van der Waals surface area contributed by atoms with Crippen LogP contribution in [0.25, 0.3) is 6.08 Å². The molecule has 1 aromatic carbocycles. The summed E-state index contributed by atoms with van der Waals surface area (Å²) in [5.74, 6) is -0.243. The van der Waals surface area contributed by atoms with Crippen LogP contribution in [0.15, 0.2) is 36.2 Å². The zero-order chi connectivity index (χ0) is 9.52. The zero-order valence-electron chi connectivity index (χ0n) is 7.20. The molecule has 66 valence electrons. The van der Waals surface area contributed by atoms with Crippen LogP contribution in [0.3, 0.4) is 0 Å². The molecular weight excluding hydrogens is 165 g/mol. The maximum atomic E-state index is 13.0. The molecular formula is C11H10FN. The third kappa shape index (κ3) is 3.53. The van der Waals surface area contributed by atoms with Crippen LogP contribution >= 0.6 is 0 Å². The molecule has 0 radical (unpaired) electrons. The number of hydrogen-bond donors (Lipinski definition) is 0. The molecule has 0 bridgehead atoms. The van der Waals surface area contributed by atoms with Crippen molar-refractivity contribution in [1.82, 2.24) is 0 Å². The van der Waals surface area contributed by atoms with E-state index in [0.29, 0.717) is 0 Å². The van der Waals surface area contributed by atoms with Gasteiger partial charge in [0.1, 0.15) is 5.83 Å². The van der Waals surface area contributed by atoms with Gasteiger partial charge in [0.25, 0.3) is 0 Å². The lowest BCUT2D eigenvalue weighted by atomic mass is 10.2. The minimum absolute atomic E-state index is 0.200. The number of benzene rings is 1. The standard InChI is InChI=1S/C11H10FN/c12-11(7-4-8-13)9-10-5-2-1-3-6-10/h1-3,5-6,9H,4,7H2/b11-9-. The third-order valence-electron chi connectivity index (χ3n) is 1.60. The Balaban J connectivity index is 2.61. The first-order chi connectivity index (χ1) is 6.33. The van der Waals surface area contributed by atoms with Gasteiger partial charge in [0.15, 0.2) is 0 Å². The predicted octanol–water partition coefficient (Wildman–Crippen LogP) is 3.30. The molecule has 0 saturated heterocycles. The van der Waals surface area contributed by atoms with Crippen molar-refractivity contribution in [3.8, 4) is 6.07 Å². The Morgan fingerprint density at radius 1 is 1.38 bits per heavy atom. The molecule has 0 unspecified atom stereocenters. The number of nitriles is 1. The summed E-state index contributed by atoms with van der Waals surface area (Å²) < 4.78 is 13.0. The number of nitrogens with zero attached hydrogens (tertiary/aromatic N) is 1. The van der Waals surface area contributed by atoms with Crippen molar-refractivity contribution >= 4 is 6.08 Å². The Kier molecular flexibility index (Phi) is 3.72. The fraction of sp³-hybridized carbons (Fsp3) is 0.182. The van der Waals surface area contributed by atoms with Crippen molar-refractivity contribution in [3.63, 3.8) is 0 Å². The molecule has 0 N–H and O–H groups in total. The van der Waals surface area contributed by atoms with Crippen molar-refractivity contribution in [2.24, 2.45) is 0 Å². The molecule has 0 aromatic heterocycles. The van der Waals surface area contributed by atoms with Gasteiger partial charge in [-0.3, -0.25) is 0 Å². The van der Waals surface area contributed by atoms with Gasteiger partial charge in [0, 0.05) is 12.8 Å². The molecule has 0 saturated carbocycles. The van der Waals surface area contributed by atoms with Crippen molar-refractivity contribution in [3.05, 3.63) is 41.7 Å². The molecule has 0 aliphatic heterocycles. The second-order valence-electron chi connectivity index (χ2n) is 2.66. The van der Waals surface area contributed by atoms with Crippen LogP contribution in [0.1, 0.15) is 18.4 Å². The van der Waals surface area contributed by atoms with E-state index in [1.54, 1.807) is 0 Å². The predicted molar refractivity (Wildman–Crippen MR) is 50.4 cm³/mol. The maximum absolute atomic E-state index is 13.0. The summed E-state index contributed by atoms with van der Waals surface area (Å²) in [6.45, 7) is 0. The largest absolute Gasteiger partial charge is 0.212 e. The van der Waals surface area contributed by atoms with Crippen molar-refractivity contribution in [1.29, 1.82) is 5.26 Å². The van der Waals surface area contributed by atoms with Gasteiger partial charge in [-0.15, -0.1) is 0 Å². The van der Waals surface area contributed by atoms with E-state index in [2.05, 4.69) is 0 Å². The number of allylic oxidation sites excluding steroid dienone is 1. The molecule has 0 atom stereocenters. The summed E-state index contributed by atoms with van der Waals surface area (Å²) in [6, 6.07) is 11.1. The zero-order valence-corrected chi connectivity index (χ0v) is 7.20. The van der Waals surface area contributed by atoms with E-state index in [4.69, 9.17) is 5.26 Å². The van der Waals surface area contributed by atoms with E-state index in [9.17, 15) is 4.39 Å². The first-order valence-corrected chi connectivity index (χ1v) is 4.11. The molecule has 1 aromatic rings. The Bertz CT molecular complexity index is 322. The molecule has 13 heavy (non-hydrogen) atoms. The van der Waals surface area contributed by atoms with E-state index < -0.39 is 0 Å². The third-order valence-corrected chi connectivity index (χ3v) is 1.60. The van der Waals surface area contributed by atoms with Crippen molar-refractivity contribution in [2.45, 2.75) is 12.8 Å². The molecule has 0 amide bonds. The summed E-state index contributed by atoms with van der Waals surface area (Å²) in [5.41, 5.74) is 0.831. The van der Waals surface area contributed by atoms with Crippen LogP contribution in [0.2, 0.25) is 0 Å². The van der Waals surface area contributed by atoms with Gasteiger partial charge >= 0.3 is 0 Å². The quantitative estimate of drug-likeness (QED) is 0.691. The SMILES string of the molecule is N#CCC/C(F)=C/c1ccccc1. The molecule has 0 aliphatic carbocycles. The van der Waals surface area contributed by atoms with Gasteiger partial charge in [-0.05, 0) is 11.6 Å². The lowest BCUT2D eigenvalue weighted by Gasteiger charge is -1.93. The summed E-state index contributed by atoms with van der Waals surface area (Å²) in [7, 11) is 0. The molecule has 0 spiro atoms. The van der Waals surface area contributed by atoms with Gasteiger partial charge < -0.3 is 0 Å². The summed E-state index contributed by atoms with van der Waals surface area (Å²) in [4.78, 5) is 0. The highest BCUT2D eigenvalue weighted by Crippen LogP contribution is 2.11. The second kappa shape index (κ2) is 5.10. The minimum atomic E-state index is -0.243. The Labute approximate surface area is 77.1 Å². The first-order valence-electron chi connectivity index (χ1n) is 4.11. The van der Waals surface area contributed by atoms with Crippen molar-refractivity contribution < 1.29 is 4.39 Å². The van der Waals surface area contributed by atoms with Gasteiger partial charge in [-0.25, -0.2) is 4.39 Å². The van der Waals surface area contributed by atoms with Gasteiger partial charge in [-0.2, -0.15) is 5.26 Å². The molecule has 0 aliphatic rings. The van der Waals surface area contributed by atoms with Gasteiger partial charge in [-0.1, -0.05) is 30.3 Å². The fourth-order valence-electron chi connectivity index (χ4n) is 0.978. The highest BCUT2D eigenvalue weighted by Gasteiger charge is 1.94. The van der Waals surface area contributed by atoms with Crippen LogP contribution in [0.5, 0.6) is 0 Å². The highest BCUT2D eigenvalue weighted by atomic mass is 19.1. The maximum Gasteiger partial charge on any atom is 0.102 e. The average Bonchev–Trinajstić information content (AvgIpc) is 2.16. The molecule has 2 heteroatoms. The Morgan fingerprint density at radius 3 is 2.69 bits per heavy atom. The van der Waals surface area contributed by atoms with Gasteiger partial charge in [0.05, 0.1) is 6.07 Å². The second-order valence-corrected chi connectivity index (χ2v) is 2.66. The Morgan fingerprint density at radius 2 is 2.08 bits per heavy atom. The first kappa shape index (κ1) is 9.47. The summed E-state index contributed by atoms with van der Waals surface area (Å²) >= 11 is 0. The summed E-state index contributed by atoms with van der Waals surface area (Å²) in [6.07, 6.45) is 1.89. The van der Waals surface area contributed by atoms with E-state index in [-0.39, 0.29) is 18.7 Å². The van der Waals surface area contributed by atoms with Crippen LogP contribution in [-0.2, 0) is 0 Å². The highest BCUT2D eigenvalue weighted by molar-refractivity contribution is 5.50. The molecule has 0 fully saturated rings. The average molecular weight is 175 g/mol. The monoisotopic (exact) mass is 175 g/mol. The van der Waals surface area contributed by atoms with E-state index in [0.717, 1.165) is 5.56 Å². The number of rotatable bonds is 3. The lowest BCUT2D eigenvalue weighted by molar-refractivity contribution is 0.601. The smallest absolute Gasteiger partial charge is 0.102 e.